The van der Waals surface area contributed by atoms with Crippen LogP contribution >= 0.6 is 0 Å². The summed E-state index contributed by atoms with van der Waals surface area (Å²) in [5.41, 5.74) is 7.84. The van der Waals surface area contributed by atoms with Crippen molar-refractivity contribution in [3.05, 3.63) is 96.3 Å². The number of benzene rings is 2. The third kappa shape index (κ3) is 3.15. The first-order valence-electron chi connectivity index (χ1n) is 10.3. The van der Waals surface area contributed by atoms with Crippen molar-refractivity contribution in [2.75, 3.05) is 0 Å². The predicted molar refractivity (Wildman–Crippen MR) is 132 cm³/mol. The smallest absolute Gasteiger partial charge is 0.140 e. The maximum atomic E-state index is 6.28. The van der Waals surface area contributed by atoms with Gasteiger partial charge < -0.3 is 8.98 Å². The van der Waals surface area contributed by atoms with Crippen molar-refractivity contribution >= 4 is 44.6 Å². The molecule has 0 spiro atoms. The average Bonchev–Trinajstić information content (AvgIpc) is 3.25. The number of fused-ring (bicyclic) bond motifs is 4. The van der Waals surface area contributed by atoms with Crippen LogP contribution in [0.5, 0.6) is 0 Å². The van der Waals surface area contributed by atoms with E-state index in [2.05, 4.69) is 74.4 Å². The number of rotatable bonds is 5. The molecule has 0 fully saturated rings. The van der Waals surface area contributed by atoms with Crippen molar-refractivity contribution < 1.29 is 4.42 Å². The number of furan rings is 1. The Hall–Kier alpha value is -3.52. The molecule has 0 N–H and O–H groups in total. The molecular formula is C28H27NO. The van der Waals surface area contributed by atoms with Crippen LogP contribution in [0.15, 0.2) is 83.9 Å². The Morgan fingerprint density at radius 2 is 1.77 bits per heavy atom. The summed E-state index contributed by atoms with van der Waals surface area (Å²) in [6.07, 6.45) is 16.3. The summed E-state index contributed by atoms with van der Waals surface area (Å²) in [6, 6.07) is 10.6. The molecular weight excluding hydrogens is 366 g/mol. The molecule has 4 aromatic rings. The van der Waals surface area contributed by atoms with Crippen molar-refractivity contribution in [1.82, 2.24) is 4.57 Å². The highest BCUT2D eigenvalue weighted by Gasteiger charge is 2.20. The molecule has 150 valence electrons. The highest BCUT2D eigenvalue weighted by molar-refractivity contribution is 6.13. The number of hydrogen-bond acceptors (Lipinski definition) is 1. The monoisotopic (exact) mass is 393 g/mol. The van der Waals surface area contributed by atoms with Crippen LogP contribution in [-0.4, -0.2) is 4.57 Å². The molecule has 2 heterocycles. The van der Waals surface area contributed by atoms with Gasteiger partial charge in [-0.15, -0.1) is 0 Å². The van der Waals surface area contributed by atoms with Gasteiger partial charge in [0, 0.05) is 33.1 Å². The maximum absolute atomic E-state index is 6.28. The van der Waals surface area contributed by atoms with E-state index >= 15 is 0 Å². The van der Waals surface area contributed by atoms with Gasteiger partial charge in [-0.1, -0.05) is 61.2 Å². The van der Waals surface area contributed by atoms with E-state index in [-0.39, 0.29) is 0 Å². The molecule has 0 saturated carbocycles. The SMILES string of the molecule is C=C/C=C\C=C(/C)n1c(/C=C\C=C/C)c(C)c2cc3c(oc4ccccc43)c(C)c21. The van der Waals surface area contributed by atoms with E-state index < -0.39 is 0 Å². The Balaban J connectivity index is 2.13. The number of para-hydroxylation sites is 1. The number of aromatic nitrogens is 1. The quantitative estimate of drug-likeness (QED) is 0.312. The van der Waals surface area contributed by atoms with E-state index in [0.29, 0.717) is 0 Å². The molecule has 2 heteroatoms. The topological polar surface area (TPSA) is 18.1 Å². The van der Waals surface area contributed by atoms with Crippen molar-refractivity contribution in [1.29, 1.82) is 0 Å². The highest BCUT2D eigenvalue weighted by Crippen LogP contribution is 2.39. The van der Waals surface area contributed by atoms with Crippen LogP contribution in [0.2, 0.25) is 0 Å². The number of aryl methyl sites for hydroxylation is 2. The van der Waals surface area contributed by atoms with Crippen LogP contribution in [-0.2, 0) is 0 Å². The van der Waals surface area contributed by atoms with Gasteiger partial charge >= 0.3 is 0 Å². The molecule has 0 saturated heterocycles. The van der Waals surface area contributed by atoms with Gasteiger partial charge in [-0.2, -0.15) is 0 Å². The summed E-state index contributed by atoms with van der Waals surface area (Å²) in [6.45, 7) is 12.3. The first-order chi connectivity index (χ1) is 14.6. The largest absolute Gasteiger partial charge is 0.456 e. The minimum Gasteiger partial charge on any atom is -0.456 e. The molecule has 0 aliphatic rings. The van der Waals surface area contributed by atoms with Gasteiger partial charge in [-0.3, -0.25) is 0 Å². The normalized spacial score (nSPS) is 13.3. The van der Waals surface area contributed by atoms with E-state index in [1.807, 2.05) is 37.3 Å². The second-order valence-electron chi connectivity index (χ2n) is 7.53. The minimum absolute atomic E-state index is 0.932. The first-order valence-corrected chi connectivity index (χ1v) is 10.3. The van der Waals surface area contributed by atoms with Crippen LogP contribution in [0.1, 0.15) is 30.7 Å². The summed E-state index contributed by atoms with van der Waals surface area (Å²) < 4.78 is 8.62. The lowest BCUT2D eigenvalue weighted by atomic mass is 10.0. The lowest BCUT2D eigenvalue weighted by Crippen LogP contribution is -1.98. The van der Waals surface area contributed by atoms with E-state index in [9.17, 15) is 0 Å². The van der Waals surface area contributed by atoms with E-state index in [1.54, 1.807) is 6.08 Å². The Bertz CT molecular complexity index is 1380. The van der Waals surface area contributed by atoms with E-state index in [0.717, 1.165) is 27.8 Å². The van der Waals surface area contributed by atoms with Gasteiger partial charge in [0.15, 0.2) is 0 Å². The molecule has 30 heavy (non-hydrogen) atoms. The molecule has 4 rings (SSSR count). The summed E-state index contributed by atoms with van der Waals surface area (Å²) >= 11 is 0. The Kier molecular flexibility index (Phi) is 5.33. The number of nitrogens with zero attached hydrogens (tertiary/aromatic N) is 1. The first kappa shape index (κ1) is 19.8. The molecule has 0 aliphatic heterocycles. The third-order valence-corrected chi connectivity index (χ3v) is 5.62. The molecule has 0 atom stereocenters. The van der Waals surface area contributed by atoms with Gasteiger partial charge in [0.2, 0.25) is 0 Å². The standard InChI is InChI=1S/C28H27NO/c1-6-8-10-14-19(3)29-25(16-11-9-7-2)20(4)23-18-24-22-15-12-13-17-26(22)30-28(24)21(5)27(23)29/h6-18H,1H2,2-5H3/b9-7-,10-8-,16-11-,19-14+. The Morgan fingerprint density at radius 3 is 2.53 bits per heavy atom. The fourth-order valence-electron chi connectivity index (χ4n) is 4.18. The molecule has 0 unspecified atom stereocenters. The van der Waals surface area contributed by atoms with Gasteiger partial charge in [0.05, 0.1) is 5.52 Å². The molecule has 0 radical (unpaired) electrons. The average molecular weight is 394 g/mol. The minimum atomic E-state index is 0.932. The van der Waals surface area contributed by atoms with E-state index in [1.165, 1.54) is 27.5 Å². The second-order valence-corrected chi connectivity index (χ2v) is 7.53. The maximum Gasteiger partial charge on any atom is 0.140 e. The fourth-order valence-corrected chi connectivity index (χ4v) is 4.18. The summed E-state index contributed by atoms with van der Waals surface area (Å²) in [4.78, 5) is 0. The Labute approximate surface area is 177 Å². The summed E-state index contributed by atoms with van der Waals surface area (Å²) in [5, 5.41) is 3.59. The van der Waals surface area contributed by atoms with Crippen molar-refractivity contribution in [2.24, 2.45) is 0 Å². The van der Waals surface area contributed by atoms with Gasteiger partial charge in [0.1, 0.15) is 11.2 Å². The van der Waals surface area contributed by atoms with Crippen molar-refractivity contribution in [2.45, 2.75) is 27.7 Å². The van der Waals surface area contributed by atoms with Crippen LogP contribution in [0.3, 0.4) is 0 Å². The highest BCUT2D eigenvalue weighted by atomic mass is 16.3. The fraction of sp³-hybridized carbons (Fsp3) is 0.143. The van der Waals surface area contributed by atoms with E-state index in [4.69, 9.17) is 4.42 Å². The van der Waals surface area contributed by atoms with Crippen molar-refractivity contribution in [3.63, 3.8) is 0 Å². The molecule has 2 nitrogen and oxygen atoms in total. The molecule has 2 aromatic heterocycles. The molecule has 0 aliphatic carbocycles. The van der Waals surface area contributed by atoms with Crippen LogP contribution < -0.4 is 0 Å². The van der Waals surface area contributed by atoms with Gasteiger partial charge in [0.25, 0.3) is 0 Å². The molecule has 0 amide bonds. The predicted octanol–water partition coefficient (Wildman–Crippen LogP) is 8.35. The zero-order chi connectivity index (χ0) is 21.3. The molecule has 2 aromatic carbocycles. The zero-order valence-electron chi connectivity index (χ0n) is 18.1. The van der Waals surface area contributed by atoms with Crippen LogP contribution in [0, 0.1) is 13.8 Å². The number of hydrogen-bond donors (Lipinski definition) is 0. The zero-order valence-corrected chi connectivity index (χ0v) is 18.1. The summed E-state index contributed by atoms with van der Waals surface area (Å²) in [5.74, 6) is 0. The van der Waals surface area contributed by atoms with Crippen LogP contribution in [0.25, 0.3) is 44.6 Å². The summed E-state index contributed by atoms with van der Waals surface area (Å²) in [7, 11) is 0. The second kappa shape index (κ2) is 8.08. The molecule has 0 bridgehead atoms. The number of allylic oxidation sites excluding steroid dienone is 8. The van der Waals surface area contributed by atoms with Gasteiger partial charge in [-0.25, -0.2) is 0 Å². The lowest BCUT2D eigenvalue weighted by molar-refractivity contribution is 0.666. The Morgan fingerprint density at radius 1 is 0.967 bits per heavy atom. The third-order valence-electron chi connectivity index (χ3n) is 5.62. The van der Waals surface area contributed by atoms with Crippen LogP contribution in [0.4, 0.5) is 0 Å². The van der Waals surface area contributed by atoms with Gasteiger partial charge in [-0.05, 0) is 57.5 Å². The van der Waals surface area contributed by atoms with Crippen molar-refractivity contribution in [3.8, 4) is 0 Å². The lowest BCUT2D eigenvalue weighted by Gasteiger charge is -2.11.